The number of aliphatic hydroxyl groups excluding tert-OH is 1. The van der Waals surface area contributed by atoms with Crippen LogP contribution in [0.2, 0.25) is 0 Å². The number of anilines is 1. The summed E-state index contributed by atoms with van der Waals surface area (Å²) < 4.78 is 18.0. The molecule has 1 fully saturated rings. The zero-order valence-electron chi connectivity index (χ0n) is 9.01. The molecule has 88 valence electrons. The van der Waals surface area contributed by atoms with Crippen molar-refractivity contribution in [3.05, 3.63) is 18.2 Å². The van der Waals surface area contributed by atoms with Crippen LogP contribution in [0, 0.1) is 5.82 Å². The highest BCUT2D eigenvalue weighted by atomic mass is 19.1. The second kappa shape index (κ2) is 4.71. The second-order valence-corrected chi connectivity index (χ2v) is 3.67. The molecule has 1 N–H and O–H groups in total. The lowest BCUT2D eigenvalue weighted by Gasteiger charge is -2.15. The zero-order chi connectivity index (χ0) is 11.5. The predicted molar refractivity (Wildman–Crippen MR) is 55.6 cm³/mol. The van der Waals surface area contributed by atoms with Gasteiger partial charge in [0.15, 0.2) is 5.82 Å². The number of rotatable bonds is 3. The fourth-order valence-electron chi connectivity index (χ4n) is 1.77. The lowest BCUT2D eigenvalue weighted by molar-refractivity contribution is -0.00189. The van der Waals surface area contributed by atoms with Crippen molar-refractivity contribution < 1.29 is 14.2 Å². The molecule has 1 aliphatic heterocycles. The van der Waals surface area contributed by atoms with Crippen LogP contribution in [-0.2, 0) is 4.74 Å². The largest absolute Gasteiger partial charge is 0.388 e. The van der Waals surface area contributed by atoms with E-state index in [1.165, 1.54) is 0 Å². The quantitative estimate of drug-likeness (QED) is 0.799. The fourth-order valence-corrected chi connectivity index (χ4v) is 1.77. The summed E-state index contributed by atoms with van der Waals surface area (Å²) in [4.78, 5) is 9.51. The van der Waals surface area contributed by atoms with Gasteiger partial charge in [-0.25, -0.2) is 14.4 Å². The molecule has 0 amide bonds. The molecular weight excluding hydrogens is 213 g/mol. The Morgan fingerprint density at radius 2 is 2.19 bits per heavy atom. The van der Waals surface area contributed by atoms with E-state index in [4.69, 9.17) is 4.74 Å². The molecule has 0 unspecified atom stereocenters. The highest BCUT2D eigenvalue weighted by Crippen LogP contribution is 2.18. The molecule has 0 saturated carbocycles. The topological polar surface area (TPSA) is 58.5 Å². The van der Waals surface area contributed by atoms with Crippen LogP contribution < -0.4 is 4.90 Å². The Morgan fingerprint density at radius 3 is 2.81 bits per heavy atom. The van der Waals surface area contributed by atoms with Crippen LogP contribution in [-0.4, -0.2) is 47.0 Å². The van der Waals surface area contributed by atoms with Crippen LogP contribution >= 0.6 is 0 Å². The first kappa shape index (κ1) is 11.2. The monoisotopic (exact) mass is 227 g/mol. The maximum atomic E-state index is 12.6. The highest BCUT2D eigenvalue weighted by Gasteiger charge is 2.33. The number of β-amino-alcohol motifs (C(OH)–C–C–N with tert-alkyl or cyclic N) is 1. The van der Waals surface area contributed by atoms with Crippen molar-refractivity contribution in [2.24, 2.45) is 0 Å². The first-order valence-corrected chi connectivity index (χ1v) is 5.23. The van der Waals surface area contributed by atoms with Crippen LogP contribution in [0.1, 0.15) is 6.92 Å². The van der Waals surface area contributed by atoms with E-state index in [1.54, 1.807) is 4.90 Å². The van der Waals surface area contributed by atoms with Crippen molar-refractivity contribution >= 4 is 5.95 Å². The molecule has 1 aliphatic rings. The SMILES string of the molecule is CCO[C@H]1CN(c2ncc(F)cn2)C[C@@H]1O. The number of hydrogen-bond donors (Lipinski definition) is 1. The third-order valence-corrected chi connectivity index (χ3v) is 2.51. The molecule has 16 heavy (non-hydrogen) atoms. The summed E-state index contributed by atoms with van der Waals surface area (Å²) in [7, 11) is 0. The van der Waals surface area contributed by atoms with E-state index in [-0.39, 0.29) is 6.10 Å². The van der Waals surface area contributed by atoms with Gasteiger partial charge in [0.05, 0.1) is 18.5 Å². The Kier molecular flexibility index (Phi) is 3.31. The number of aromatic nitrogens is 2. The minimum Gasteiger partial charge on any atom is -0.388 e. The van der Waals surface area contributed by atoms with Crippen molar-refractivity contribution in [3.8, 4) is 0 Å². The van der Waals surface area contributed by atoms with Gasteiger partial charge in [-0.15, -0.1) is 0 Å². The van der Waals surface area contributed by atoms with Crippen LogP contribution in [0.25, 0.3) is 0 Å². The van der Waals surface area contributed by atoms with Gasteiger partial charge >= 0.3 is 0 Å². The van der Waals surface area contributed by atoms with E-state index in [0.717, 1.165) is 12.4 Å². The van der Waals surface area contributed by atoms with Gasteiger partial charge in [-0.3, -0.25) is 0 Å². The van der Waals surface area contributed by atoms with Crippen LogP contribution in [0.5, 0.6) is 0 Å². The van der Waals surface area contributed by atoms with E-state index in [2.05, 4.69) is 9.97 Å². The summed E-state index contributed by atoms with van der Waals surface area (Å²) in [6.07, 6.45) is 1.46. The van der Waals surface area contributed by atoms with Crippen LogP contribution in [0.4, 0.5) is 10.3 Å². The minimum absolute atomic E-state index is 0.223. The van der Waals surface area contributed by atoms with Crippen molar-refractivity contribution in [1.82, 2.24) is 9.97 Å². The first-order chi connectivity index (χ1) is 7.70. The van der Waals surface area contributed by atoms with E-state index in [9.17, 15) is 9.50 Å². The maximum absolute atomic E-state index is 12.6. The number of halogens is 1. The van der Waals surface area contributed by atoms with Crippen molar-refractivity contribution in [1.29, 1.82) is 0 Å². The Hall–Kier alpha value is -1.27. The molecule has 2 atom stereocenters. The standard InChI is InChI=1S/C10H14FN3O2/c1-2-16-9-6-14(5-8(9)15)10-12-3-7(11)4-13-10/h3-4,8-9,15H,2,5-6H2,1H3/t8-,9-/m0/s1. The molecule has 0 aliphatic carbocycles. The van der Waals surface area contributed by atoms with Crippen molar-refractivity contribution in [2.45, 2.75) is 19.1 Å². The third kappa shape index (κ3) is 2.28. The summed E-state index contributed by atoms with van der Waals surface area (Å²) in [5.41, 5.74) is 0. The normalized spacial score (nSPS) is 25.1. The van der Waals surface area contributed by atoms with E-state index >= 15 is 0 Å². The number of nitrogens with zero attached hydrogens (tertiary/aromatic N) is 3. The van der Waals surface area contributed by atoms with Gasteiger partial charge in [-0.05, 0) is 6.92 Å². The summed E-state index contributed by atoms with van der Waals surface area (Å²) in [5.74, 6) is -0.0486. The summed E-state index contributed by atoms with van der Waals surface area (Å²) >= 11 is 0. The molecule has 1 aromatic rings. The van der Waals surface area contributed by atoms with Gasteiger partial charge in [0.2, 0.25) is 5.95 Å². The molecule has 0 bridgehead atoms. The third-order valence-electron chi connectivity index (χ3n) is 2.51. The van der Waals surface area contributed by atoms with E-state index in [0.29, 0.717) is 25.6 Å². The average Bonchev–Trinajstić information content (AvgIpc) is 2.62. The molecule has 1 aromatic heterocycles. The predicted octanol–water partition coefficient (Wildman–Crippen LogP) is 0.202. The Morgan fingerprint density at radius 1 is 1.50 bits per heavy atom. The maximum Gasteiger partial charge on any atom is 0.225 e. The van der Waals surface area contributed by atoms with Crippen LogP contribution in [0.15, 0.2) is 12.4 Å². The zero-order valence-corrected chi connectivity index (χ0v) is 9.01. The van der Waals surface area contributed by atoms with Gasteiger partial charge in [0.25, 0.3) is 0 Å². The second-order valence-electron chi connectivity index (χ2n) is 3.67. The van der Waals surface area contributed by atoms with Gasteiger partial charge in [-0.1, -0.05) is 0 Å². The molecule has 0 spiro atoms. The molecule has 2 rings (SSSR count). The average molecular weight is 227 g/mol. The Bertz CT molecular complexity index is 346. The highest BCUT2D eigenvalue weighted by molar-refractivity contribution is 5.32. The fraction of sp³-hybridized carbons (Fsp3) is 0.600. The van der Waals surface area contributed by atoms with E-state index < -0.39 is 11.9 Å². The van der Waals surface area contributed by atoms with Gasteiger partial charge in [0, 0.05) is 19.7 Å². The molecule has 5 nitrogen and oxygen atoms in total. The molecule has 0 radical (unpaired) electrons. The number of aliphatic hydroxyl groups is 1. The van der Waals surface area contributed by atoms with Gasteiger partial charge < -0.3 is 14.7 Å². The van der Waals surface area contributed by atoms with Crippen molar-refractivity contribution in [2.75, 3.05) is 24.6 Å². The number of hydrogen-bond acceptors (Lipinski definition) is 5. The summed E-state index contributed by atoms with van der Waals surface area (Å²) in [6, 6.07) is 0. The van der Waals surface area contributed by atoms with Gasteiger partial charge in [-0.2, -0.15) is 0 Å². The minimum atomic E-state index is -0.548. The Labute approximate surface area is 92.9 Å². The Balaban J connectivity index is 2.04. The summed E-state index contributed by atoms with van der Waals surface area (Å²) in [5, 5.41) is 9.71. The lowest BCUT2D eigenvalue weighted by atomic mass is 10.3. The summed E-state index contributed by atoms with van der Waals surface area (Å²) in [6.45, 7) is 3.38. The molecule has 2 heterocycles. The lowest BCUT2D eigenvalue weighted by Crippen LogP contribution is -2.26. The molecule has 6 heteroatoms. The molecule has 1 saturated heterocycles. The van der Waals surface area contributed by atoms with Crippen molar-refractivity contribution in [3.63, 3.8) is 0 Å². The van der Waals surface area contributed by atoms with E-state index in [1.807, 2.05) is 6.92 Å². The smallest absolute Gasteiger partial charge is 0.225 e. The van der Waals surface area contributed by atoms with Gasteiger partial charge in [0.1, 0.15) is 6.10 Å². The first-order valence-electron chi connectivity index (χ1n) is 5.23. The molecule has 0 aromatic carbocycles. The van der Waals surface area contributed by atoms with Crippen LogP contribution in [0.3, 0.4) is 0 Å². The number of ether oxygens (including phenoxy) is 1. The molecular formula is C10H14FN3O2.